The number of thiophene rings is 1. The van der Waals surface area contributed by atoms with Crippen molar-refractivity contribution in [1.29, 1.82) is 0 Å². The summed E-state index contributed by atoms with van der Waals surface area (Å²) in [6, 6.07) is 0.117. The molecule has 1 aliphatic carbocycles. The van der Waals surface area contributed by atoms with Gasteiger partial charge in [0.15, 0.2) is 5.16 Å². The summed E-state index contributed by atoms with van der Waals surface area (Å²) in [6.07, 6.45) is 7.23. The lowest BCUT2D eigenvalue weighted by Crippen LogP contribution is -2.37. The van der Waals surface area contributed by atoms with Crippen molar-refractivity contribution in [2.75, 3.05) is 5.75 Å². The van der Waals surface area contributed by atoms with Crippen LogP contribution in [0.1, 0.15) is 50.5 Å². The van der Waals surface area contributed by atoms with Crippen LogP contribution in [0.2, 0.25) is 0 Å². The maximum atomic E-state index is 13.3. The Morgan fingerprint density at radius 1 is 1.32 bits per heavy atom. The van der Waals surface area contributed by atoms with Crippen LogP contribution in [0.5, 0.6) is 0 Å². The Bertz CT molecular complexity index is 930. The predicted molar refractivity (Wildman–Crippen MR) is 119 cm³/mol. The maximum absolute atomic E-state index is 13.3. The minimum atomic E-state index is -0.0346. The third-order valence-electron chi connectivity index (χ3n) is 5.32. The molecule has 5 nitrogen and oxygen atoms in total. The van der Waals surface area contributed by atoms with Crippen molar-refractivity contribution in [3.05, 3.63) is 33.4 Å². The number of rotatable bonds is 7. The first-order chi connectivity index (χ1) is 13.4. The van der Waals surface area contributed by atoms with E-state index in [0.29, 0.717) is 17.6 Å². The topological polar surface area (TPSA) is 64.0 Å². The number of amides is 1. The van der Waals surface area contributed by atoms with E-state index >= 15 is 0 Å². The fourth-order valence-corrected chi connectivity index (χ4v) is 5.51. The summed E-state index contributed by atoms with van der Waals surface area (Å²) in [5.41, 5.74) is 1.20. The second-order valence-corrected chi connectivity index (χ2v) is 9.76. The SMILES string of the molecule is C=CCn1c(SCC(=O)NC(C)C(C)C)nc2sc3c(c2c1=O)CCCCC3. The van der Waals surface area contributed by atoms with Gasteiger partial charge in [-0.1, -0.05) is 38.1 Å². The fraction of sp³-hybridized carbons (Fsp3) is 0.571. The molecule has 1 aliphatic rings. The summed E-state index contributed by atoms with van der Waals surface area (Å²) in [5.74, 6) is 0.591. The van der Waals surface area contributed by atoms with E-state index < -0.39 is 0 Å². The maximum Gasteiger partial charge on any atom is 0.263 e. The Morgan fingerprint density at radius 2 is 2.07 bits per heavy atom. The number of hydrogen-bond donors (Lipinski definition) is 1. The number of aryl methyl sites for hydroxylation is 2. The van der Waals surface area contributed by atoms with Crippen LogP contribution in [0.3, 0.4) is 0 Å². The van der Waals surface area contributed by atoms with Gasteiger partial charge in [-0.25, -0.2) is 4.98 Å². The van der Waals surface area contributed by atoms with Gasteiger partial charge in [0.2, 0.25) is 5.91 Å². The first kappa shape index (κ1) is 21.1. The lowest BCUT2D eigenvalue weighted by Gasteiger charge is -2.17. The van der Waals surface area contributed by atoms with Gasteiger partial charge >= 0.3 is 0 Å². The summed E-state index contributed by atoms with van der Waals surface area (Å²) >= 11 is 2.98. The molecule has 0 bridgehead atoms. The molecule has 7 heteroatoms. The molecule has 2 aromatic rings. The zero-order chi connectivity index (χ0) is 20.3. The lowest BCUT2D eigenvalue weighted by molar-refractivity contribution is -0.119. The Morgan fingerprint density at radius 3 is 2.79 bits per heavy atom. The highest BCUT2D eigenvalue weighted by molar-refractivity contribution is 7.99. The largest absolute Gasteiger partial charge is 0.353 e. The van der Waals surface area contributed by atoms with Crippen molar-refractivity contribution in [3.8, 4) is 0 Å². The molecular formula is C21H29N3O2S2. The number of fused-ring (bicyclic) bond motifs is 3. The van der Waals surface area contributed by atoms with Gasteiger partial charge in [-0.05, 0) is 44.1 Å². The van der Waals surface area contributed by atoms with Gasteiger partial charge in [-0.15, -0.1) is 17.9 Å². The quantitative estimate of drug-likeness (QED) is 0.317. The van der Waals surface area contributed by atoms with Crippen molar-refractivity contribution in [2.45, 2.75) is 70.6 Å². The molecule has 0 saturated carbocycles. The highest BCUT2D eigenvalue weighted by Gasteiger charge is 2.22. The van der Waals surface area contributed by atoms with E-state index in [0.717, 1.165) is 29.5 Å². The highest BCUT2D eigenvalue weighted by Crippen LogP contribution is 2.34. The number of nitrogens with one attached hydrogen (secondary N) is 1. The third-order valence-corrected chi connectivity index (χ3v) is 7.48. The van der Waals surface area contributed by atoms with E-state index in [1.165, 1.54) is 35.0 Å². The molecule has 0 radical (unpaired) electrons. The Hall–Kier alpha value is -1.60. The minimum absolute atomic E-state index is 0.00255. The smallest absolute Gasteiger partial charge is 0.263 e. The van der Waals surface area contributed by atoms with E-state index in [1.54, 1.807) is 22.0 Å². The summed E-state index contributed by atoms with van der Waals surface area (Å²) in [6.45, 7) is 10.4. The van der Waals surface area contributed by atoms with Crippen molar-refractivity contribution in [1.82, 2.24) is 14.9 Å². The molecule has 0 fully saturated rings. The summed E-state index contributed by atoms with van der Waals surface area (Å²) in [7, 11) is 0. The van der Waals surface area contributed by atoms with Crippen LogP contribution in [0.25, 0.3) is 10.2 Å². The molecule has 0 spiro atoms. The molecule has 1 unspecified atom stereocenters. The minimum Gasteiger partial charge on any atom is -0.353 e. The van der Waals surface area contributed by atoms with E-state index in [4.69, 9.17) is 4.98 Å². The molecule has 152 valence electrons. The first-order valence-corrected chi connectivity index (χ1v) is 11.8. The van der Waals surface area contributed by atoms with Gasteiger partial charge in [-0.3, -0.25) is 14.2 Å². The fourth-order valence-electron chi connectivity index (χ4n) is 3.39. The molecule has 28 heavy (non-hydrogen) atoms. The Balaban J connectivity index is 1.91. The molecule has 0 saturated heterocycles. The molecule has 0 aliphatic heterocycles. The van der Waals surface area contributed by atoms with E-state index in [-0.39, 0.29) is 23.3 Å². The standard InChI is InChI=1S/C21H29N3O2S2/c1-5-11-24-20(26)18-15-9-7-6-8-10-16(15)28-19(18)23-21(24)27-12-17(25)22-14(4)13(2)3/h5,13-14H,1,6-12H2,2-4H3,(H,22,25). The van der Waals surface area contributed by atoms with E-state index in [9.17, 15) is 9.59 Å². The van der Waals surface area contributed by atoms with Gasteiger partial charge in [0.05, 0.1) is 11.1 Å². The molecule has 2 aromatic heterocycles. The molecular weight excluding hydrogens is 390 g/mol. The van der Waals surface area contributed by atoms with Crippen LogP contribution in [-0.4, -0.2) is 27.3 Å². The number of nitrogens with zero attached hydrogens (tertiary/aromatic N) is 2. The van der Waals surface area contributed by atoms with Crippen molar-refractivity contribution < 1.29 is 4.79 Å². The van der Waals surface area contributed by atoms with Gasteiger partial charge in [0, 0.05) is 17.5 Å². The highest BCUT2D eigenvalue weighted by atomic mass is 32.2. The Kier molecular flexibility index (Phi) is 6.99. The van der Waals surface area contributed by atoms with Gasteiger partial charge in [0.1, 0.15) is 4.83 Å². The van der Waals surface area contributed by atoms with Crippen LogP contribution in [0.4, 0.5) is 0 Å². The summed E-state index contributed by atoms with van der Waals surface area (Å²) in [4.78, 5) is 32.5. The number of aromatic nitrogens is 2. The molecule has 1 amide bonds. The van der Waals surface area contributed by atoms with Crippen LogP contribution in [0, 0.1) is 5.92 Å². The van der Waals surface area contributed by atoms with Crippen LogP contribution in [-0.2, 0) is 24.2 Å². The second-order valence-electron chi connectivity index (χ2n) is 7.73. The monoisotopic (exact) mass is 419 g/mol. The summed E-state index contributed by atoms with van der Waals surface area (Å²) < 4.78 is 1.66. The number of carbonyl (C=O) groups excluding carboxylic acids is 1. The average molecular weight is 420 g/mol. The molecule has 0 aromatic carbocycles. The molecule has 3 rings (SSSR count). The van der Waals surface area contributed by atoms with Crippen molar-refractivity contribution >= 4 is 39.2 Å². The molecule has 1 N–H and O–H groups in total. The number of carbonyl (C=O) groups is 1. The first-order valence-electron chi connectivity index (χ1n) is 10.0. The lowest BCUT2D eigenvalue weighted by atomic mass is 10.1. The average Bonchev–Trinajstić information content (AvgIpc) is 2.83. The second kappa shape index (κ2) is 9.27. The molecule has 1 atom stereocenters. The van der Waals surface area contributed by atoms with Gasteiger partial charge in [0.25, 0.3) is 5.56 Å². The normalized spacial score (nSPS) is 15.3. The third kappa shape index (κ3) is 4.51. The summed E-state index contributed by atoms with van der Waals surface area (Å²) in [5, 5.41) is 4.39. The van der Waals surface area contributed by atoms with E-state index in [1.807, 2.05) is 6.92 Å². The van der Waals surface area contributed by atoms with Gasteiger partial charge < -0.3 is 5.32 Å². The molecule has 2 heterocycles. The Labute approximate surface area is 174 Å². The predicted octanol–water partition coefficient (Wildman–Crippen LogP) is 4.17. The number of hydrogen-bond acceptors (Lipinski definition) is 5. The van der Waals surface area contributed by atoms with Crippen LogP contribution < -0.4 is 10.9 Å². The van der Waals surface area contributed by atoms with Gasteiger partial charge in [-0.2, -0.15) is 0 Å². The van der Waals surface area contributed by atoms with Crippen molar-refractivity contribution in [3.63, 3.8) is 0 Å². The zero-order valence-electron chi connectivity index (χ0n) is 16.9. The zero-order valence-corrected chi connectivity index (χ0v) is 18.5. The van der Waals surface area contributed by atoms with Crippen molar-refractivity contribution in [2.24, 2.45) is 5.92 Å². The van der Waals surface area contributed by atoms with E-state index in [2.05, 4.69) is 25.7 Å². The van der Waals surface area contributed by atoms with Crippen LogP contribution >= 0.6 is 23.1 Å². The number of thioether (sulfide) groups is 1. The van der Waals surface area contributed by atoms with Crippen LogP contribution in [0.15, 0.2) is 22.6 Å². The number of allylic oxidation sites excluding steroid dienone is 1.